The molecule has 3 heterocycles. The maximum Gasteiger partial charge on any atom is 0.275 e. The number of hydrogen-bond donors (Lipinski definition) is 0. The summed E-state index contributed by atoms with van der Waals surface area (Å²) in [6.07, 6.45) is 6.64. The van der Waals surface area contributed by atoms with Gasteiger partial charge in [0, 0.05) is 43.4 Å². The van der Waals surface area contributed by atoms with Gasteiger partial charge in [-0.2, -0.15) is 5.10 Å². The van der Waals surface area contributed by atoms with Crippen molar-refractivity contribution in [2.75, 3.05) is 6.54 Å². The highest BCUT2D eigenvalue weighted by Crippen LogP contribution is 2.29. The van der Waals surface area contributed by atoms with Crippen molar-refractivity contribution in [3.05, 3.63) is 84.1 Å². The van der Waals surface area contributed by atoms with Crippen LogP contribution in [-0.4, -0.2) is 38.2 Å². The largest absolute Gasteiger partial charge is 0.441 e. The summed E-state index contributed by atoms with van der Waals surface area (Å²) < 4.78 is 34.2. The minimum atomic E-state index is -0.331. The fourth-order valence-electron chi connectivity index (χ4n) is 4.46. The monoisotopic (exact) mass is 462 g/mol. The van der Waals surface area contributed by atoms with Crippen LogP contribution in [0.4, 0.5) is 8.78 Å². The summed E-state index contributed by atoms with van der Waals surface area (Å²) in [5.74, 6) is 0.294. The minimum Gasteiger partial charge on any atom is -0.441 e. The number of halogens is 2. The van der Waals surface area contributed by atoms with Gasteiger partial charge in [0.15, 0.2) is 17.3 Å². The van der Waals surface area contributed by atoms with Gasteiger partial charge in [0.25, 0.3) is 5.91 Å². The number of rotatable bonds is 5. The summed E-state index contributed by atoms with van der Waals surface area (Å²) in [6, 6.07) is 12.0. The van der Waals surface area contributed by atoms with E-state index >= 15 is 0 Å². The van der Waals surface area contributed by atoms with E-state index in [0.717, 1.165) is 30.4 Å². The molecule has 4 aromatic rings. The van der Waals surface area contributed by atoms with Gasteiger partial charge in [-0.1, -0.05) is 12.1 Å². The van der Waals surface area contributed by atoms with Gasteiger partial charge in [0.2, 0.25) is 0 Å². The molecule has 0 saturated carbocycles. The number of hydrogen-bond acceptors (Lipinski definition) is 4. The van der Waals surface area contributed by atoms with Crippen LogP contribution in [0.15, 0.2) is 65.3 Å². The third kappa shape index (κ3) is 4.48. The van der Waals surface area contributed by atoms with Crippen LogP contribution in [0.3, 0.4) is 0 Å². The summed E-state index contributed by atoms with van der Waals surface area (Å²) in [7, 11) is 1.77. The number of carbonyl (C=O) groups excluding carboxylic acids is 1. The third-order valence-corrected chi connectivity index (χ3v) is 6.17. The first kappa shape index (κ1) is 22.0. The van der Waals surface area contributed by atoms with Crippen LogP contribution in [0.2, 0.25) is 0 Å². The van der Waals surface area contributed by atoms with Gasteiger partial charge in [-0.3, -0.25) is 9.48 Å². The first-order chi connectivity index (χ1) is 16.5. The van der Waals surface area contributed by atoms with Crippen molar-refractivity contribution >= 4 is 5.91 Å². The molecule has 34 heavy (non-hydrogen) atoms. The summed E-state index contributed by atoms with van der Waals surface area (Å²) in [5, 5.41) is 4.44. The minimum absolute atomic E-state index is 0.0796. The Morgan fingerprint density at radius 2 is 1.71 bits per heavy atom. The number of piperidine rings is 1. The number of aryl methyl sites for hydroxylation is 1. The smallest absolute Gasteiger partial charge is 0.275 e. The van der Waals surface area contributed by atoms with Crippen LogP contribution in [0.25, 0.3) is 22.5 Å². The molecule has 1 unspecified atom stereocenters. The fraction of sp³-hybridized carbons (Fsp3) is 0.269. The summed E-state index contributed by atoms with van der Waals surface area (Å²) in [4.78, 5) is 19.9. The second-order valence-corrected chi connectivity index (χ2v) is 8.55. The zero-order valence-corrected chi connectivity index (χ0v) is 18.7. The van der Waals surface area contributed by atoms with Crippen LogP contribution in [0.5, 0.6) is 0 Å². The standard InChI is InChI=1S/C26H24F2N4O2/c1-31-16-22(17-5-9-19(27)10-6-17)25(30-31)26(33)32-13-3-2-4-21(32)14-24-29-15-23(34-24)18-7-11-20(28)12-8-18/h5-12,15-16,21H,2-4,13-14H2,1H3. The number of carbonyl (C=O) groups is 1. The fourth-order valence-corrected chi connectivity index (χ4v) is 4.46. The molecular weight excluding hydrogens is 438 g/mol. The molecule has 1 amide bonds. The van der Waals surface area contributed by atoms with E-state index in [1.165, 1.54) is 24.3 Å². The van der Waals surface area contributed by atoms with Crippen LogP contribution >= 0.6 is 0 Å². The highest BCUT2D eigenvalue weighted by molar-refractivity contribution is 5.99. The van der Waals surface area contributed by atoms with Gasteiger partial charge in [0.1, 0.15) is 11.6 Å². The molecule has 6 nitrogen and oxygen atoms in total. The second-order valence-electron chi connectivity index (χ2n) is 8.55. The van der Waals surface area contributed by atoms with Crippen molar-refractivity contribution in [1.82, 2.24) is 19.7 Å². The molecule has 1 atom stereocenters. The molecule has 1 aliphatic rings. The molecule has 0 aliphatic carbocycles. The molecule has 1 fully saturated rings. The Bertz CT molecular complexity index is 1300. The Balaban J connectivity index is 1.38. The van der Waals surface area contributed by atoms with E-state index < -0.39 is 0 Å². The molecule has 5 rings (SSSR count). The molecule has 1 aliphatic heterocycles. The lowest BCUT2D eigenvalue weighted by molar-refractivity contribution is 0.0599. The maximum atomic E-state index is 13.6. The highest BCUT2D eigenvalue weighted by Gasteiger charge is 2.32. The molecule has 2 aromatic carbocycles. The molecule has 2 aromatic heterocycles. The number of likely N-dealkylation sites (tertiary alicyclic amines) is 1. The molecule has 0 radical (unpaired) electrons. The molecule has 0 spiro atoms. The van der Waals surface area contributed by atoms with Crippen molar-refractivity contribution in [3.63, 3.8) is 0 Å². The molecule has 8 heteroatoms. The third-order valence-electron chi connectivity index (χ3n) is 6.17. The predicted molar refractivity (Wildman–Crippen MR) is 123 cm³/mol. The lowest BCUT2D eigenvalue weighted by Gasteiger charge is -2.35. The van der Waals surface area contributed by atoms with Crippen LogP contribution in [0.1, 0.15) is 35.6 Å². The van der Waals surface area contributed by atoms with Gasteiger partial charge in [-0.15, -0.1) is 0 Å². The van der Waals surface area contributed by atoms with Crippen molar-refractivity contribution < 1.29 is 18.0 Å². The number of nitrogens with zero attached hydrogens (tertiary/aromatic N) is 4. The zero-order valence-electron chi connectivity index (χ0n) is 18.7. The van der Waals surface area contributed by atoms with E-state index in [-0.39, 0.29) is 23.6 Å². The zero-order chi connectivity index (χ0) is 23.7. The van der Waals surface area contributed by atoms with Gasteiger partial charge in [-0.25, -0.2) is 13.8 Å². The van der Waals surface area contributed by atoms with Crippen molar-refractivity contribution in [1.29, 1.82) is 0 Å². The van der Waals surface area contributed by atoms with Crippen molar-refractivity contribution in [2.24, 2.45) is 7.05 Å². The second kappa shape index (κ2) is 9.21. The van der Waals surface area contributed by atoms with Crippen LogP contribution in [-0.2, 0) is 13.5 Å². The van der Waals surface area contributed by atoms with Crippen molar-refractivity contribution in [3.8, 4) is 22.5 Å². The Morgan fingerprint density at radius 3 is 2.41 bits per heavy atom. The number of benzene rings is 2. The van der Waals surface area contributed by atoms with Crippen LogP contribution < -0.4 is 0 Å². The average Bonchev–Trinajstić information content (AvgIpc) is 3.47. The summed E-state index contributed by atoms with van der Waals surface area (Å²) in [5.41, 5.74) is 2.50. The molecular formula is C26H24F2N4O2. The molecule has 1 saturated heterocycles. The van der Waals surface area contributed by atoms with Gasteiger partial charge < -0.3 is 9.32 Å². The van der Waals surface area contributed by atoms with E-state index in [1.807, 2.05) is 4.90 Å². The summed E-state index contributed by atoms with van der Waals surface area (Å²) in [6.45, 7) is 0.620. The van der Waals surface area contributed by atoms with Crippen molar-refractivity contribution in [2.45, 2.75) is 31.7 Å². The van der Waals surface area contributed by atoms with Gasteiger partial charge in [0.05, 0.1) is 6.20 Å². The Hall–Kier alpha value is -3.81. The number of aromatic nitrogens is 3. The lowest BCUT2D eigenvalue weighted by Crippen LogP contribution is -2.45. The normalized spacial score (nSPS) is 16.1. The topological polar surface area (TPSA) is 64.2 Å². The Kier molecular flexibility index (Phi) is 5.96. The van der Waals surface area contributed by atoms with E-state index in [1.54, 1.807) is 48.4 Å². The number of oxazole rings is 1. The summed E-state index contributed by atoms with van der Waals surface area (Å²) >= 11 is 0. The molecule has 0 N–H and O–H groups in total. The lowest BCUT2D eigenvalue weighted by atomic mass is 9.97. The van der Waals surface area contributed by atoms with E-state index in [4.69, 9.17) is 4.42 Å². The molecule has 174 valence electrons. The highest BCUT2D eigenvalue weighted by atomic mass is 19.1. The first-order valence-corrected chi connectivity index (χ1v) is 11.3. The Morgan fingerprint density at radius 1 is 1.03 bits per heavy atom. The Labute approximate surface area is 195 Å². The van der Waals surface area contributed by atoms with Crippen LogP contribution in [0, 0.1) is 11.6 Å². The SMILES string of the molecule is Cn1cc(-c2ccc(F)cc2)c(C(=O)N2CCCCC2Cc2ncc(-c3ccc(F)cc3)o2)n1. The maximum absolute atomic E-state index is 13.6. The average molecular weight is 463 g/mol. The molecule has 0 bridgehead atoms. The van der Waals surface area contributed by atoms with E-state index in [0.29, 0.717) is 35.9 Å². The quantitative estimate of drug-likeness (QED) is 0.406. The van der Waals surface area contributed by atoms with Gasteiger partial charge in [-0.05, 0) is 61.2 Å². The van der Waals surface area contributed by atoms with E-state index in [9.17, 15) is 13.6 Å². The van der Waals surface area contributed by atoms with E-state index in [2.05, 4.69) is 10.1 Å². The van der Waals surface area contributed by atoms with Gasteiger partial charge >= 0.3 is 0 Å². The number of amides is 1. The predicted octanol–water partition coefficient (Wildman–Crippen LogP) is 5.26. The first-order valence-electron chi connectivity index (χ1n) is 11.3.